The Bertz CT molecular complexity index is 1750. The Hall–Kier alpha value is -3.99. The summed E-state index contributed by atoms with van der Waals surface area (Å²) in [7, 11) is -1.27. The number of anilines is 1. The van der Waals surface area contributed by atoms with E-state index in [0.29, 0.717) is 21.5 Å². The Morgan fingerprint density at radius 1 is 0.976 bits per heavy atom. The van der Waals surface area contributed by atoms with E-state index in [1.54, 1.807) is 42.5 Å². The number of nitrogens with zero attached hydrogens (tertiary/aromatic N) is 3. The van der Waals surface area contributed by atoms with Gasteiger partial charge in [0.2, 0.25) is 0 Å². The first-order chi connectivity index (χ1) is 20.0. The Labute approximate surface area is 255 Å². The summed E-state index contributed by atoms with van der Waals surface area (Å²) in [5, 5.41) is 5.18. The normalized spacial score (nSPS) is 11.5. The molecule has 1 N–H and O–H groups in total. The smallest absolute Gasteiger partial charge is 0.264 e. The van der Waals surface area contributed by atoms with E-state index < -0.39 is 22.5 Å². The molecule has 220 valence electrons. The van der Waals surface area contributed by atoms with Crippen molar-refractivity contribution in [3.8, 4) is 17.2 Å². The zero-order valence-electron chi connectivity index (χ0n) is 23.7. The molecule has 0 aliphatic heterocycles. The van der Waals surface area contributed by atoms with Gasteiger partial charge in [0.25, 0.3) is 15.9 Å². The van der Waals surface area contributed by atoms with Crippen molar-refractivity contribution < 1.29 is 22.7 Å². The zero-order valence-corrected chi connectivity index (χ0v) is 26.0. The van der Waals surface area contributed by atoms with Crippen LogP contribution in [-0.2, 0) is 14.8 Å². The minimum absolute atomic E-state index is 0.0226. The Balaban J connectivity index is 1.62. The predicted octanol–water partition coefficient (Wildman–Crippen LogP) is 6.07. The molecule has 3 aromatic carbocycles. The van der Waals surface area contributed by atoms with Gasteiger partial charge in [-0.3, -0.25) is 9.10 Å². The lowest BCUT2D eigenvalue weighted by atomic mass is 10.2. The van der Waals surface area contributed by atoms with Crippen LogP contribution in [0.3, 0.4) is 0 Å². The summed E-state index contributed by atoms with van der Waals surface area (Å²) in [6, 6.07) is 18.1. The summed E-state index contributed by atoms with van der Waals surface area (Å²) in [5.41, 5.74) is 6.65. The molecule has 0 aliphatic carbocycles. The molecule has 0 fully saturated rings. The first kappa shape index (κ1) is 31.0. The molecule has 0 spiro atoms. The van der Waals surface area contributed by atoms with Crippen LogP contribution in [0.4, 0.5) is 5.69 Å². The third-order valence-corrected chi connectivity index (χ3v) is 8.89. The number of carbonyl (C=O) groups is 1. The van der Waals surface area contributed by atoms with Crippen molar-refractivity contribution in [3.63, 3.8) is 0 Å². The molecule has 0 saturated heterocycles. The number of hydrogen-bond acceptors (Lipinski definition) is 6. The Kier molecular flexibility index (Phi) is 9.50. The minimum Gasteiger partial charge on any atom is -0.497 e. The number of amides is 1. The van der Waals surface area contributed by atoms with Crippen molar-refractivity contribution in [2.45, 2.75) is 25.7 Å². The van der Waals surface area contributed by atoms with Crippen LogP contribution in [0.5, 0.6) is 11.5 Å². The van der Waals surface area contributed by atoms with Gasteiger partial charge >= 0.3 is 0 Å². The van der Waals surface area contributed by atoms with Crippen LogP contribution in [0.25, 0.3) is 5.69 Å². The number of rotatable bonds is 10. The molecule has 1 aromatic heterocycles. The van der Waals surface area contributed by atoms with E-state index in [1.807, 2.05) is 31.4 Å². The molecule has 0 unspecified atom stereocenters. The number of benzene rings is 3. The zero-order chi connectivity index (χ0) is 30.6. The second-order valence-corrected chi connectivity index (χ2v) is 12.1. The standard InChI is InChI=1S/C30H30Cl2N4O5S/c1-19-6-10-25(11-7-19)42(38,39)35(27-13-9-24(40-4)16-29(27)41-5)18-30(37)34-33-17-22-14-20(2)36(21(22)3)28-15-23(31)8-12-26(28)32/h6-17H,18H2,1-5H3,(H,34,37)/b33-17+. The van der Waals surface area contributed by atoms with Crippen LogP contribution in [0, 0.1) is 20.8 Å². The SMILES string of the molecule is COc1ccc(N(CC(=O)N/N=C/c2cc(C)n(-c3cc(Cl)ccc3Cl)c2C)S(=O)(=O)c2ccc(C)cc2)c(OC)c1. The third-order valence-electron chi connectivity index (χ3n) is 6.56. The van der Waals surface area contributed by atoms with Crippen LogP contribution in [0.15, 0.2) is 76.7 Å². The van der Waals surface area contributed by atoms with Gasteiger partial charge < -0.3 is 14.0 Å². The number of sulfonamides is 1. The maximum absolute atomic E-state index is 13.8. The molecule has 0 radical (unpaired) electrons. The Morgan fingerprint density at radius 2 is 1.69 bits per heavy atom. The average Bonchev–Trinajstić information content (AvgIpc) is 3.25. The van der Waals surface area contributed by atoms with E-state index in [2.05, 4.69) is 10.5 Å². The topological polar surface area (TPSA) is 102 Å². The highest BCUT2D eigenvalue weighted by molar-refractivity contribution is 7.92. The summed E-state index contributed by atoms with van der Waals surface area (Å²) in [4.78, 5) is 13.1. The lowest BCUT2D eigenvalue weighted by Gasteiger charge is -2.25. The molecule has 42 heavy (non-hydrogen) atoms. The maximum atomic E-state index is 13.8. The fourth-order valence-corrected chi connectivity index (χ4v) is 6.21. The molecule has 1 amide bonds. The van der Waals surface area contributed by atoms with Crippen molar-refractivity contribution in [3.05, 3.63) is 99.3 Å². The fraction of sp³-hybridized carbons (Fsp3) is 0.200. The third kappa shape index (κ3) is 6.56. The van der Waals surface area contributed by atoms with Crippen molar-refractivity contribution in [2.24, 2.45) is 5.10 Å². The van der Waals surface area contributed by atoms with Crippen LogP contribution >= 0.6 is 23.2 Å². The van der Waals surface area contributed by atoms with E-state index >= 15 is 0 Å². The molecule has 12 heteroatoms. The number of carbonyl (C=O) groups excluding carboxylic acids is 1. The van der Waals surface area contributed by atoms with Gasteiger partial charge in [-0.2, -0.15) is 5.10 Å². The number of aromatic nitrogens is 1. The number of halogens is 2. The van der Waals surface area contributed by atoms with Crippen molar-refractivity contribution in [1.82, 2.24) is 9.99 Å². The molecular formula is C30H30Cl2N4O5S. The van der Waals surface area contributed by atoms with E-state index in [0.717, 1.165) is 26.8 Å². The first-order valence-corrected chi connectivity index (χ1v) is 14.9. The van der Waals surface area contributed by atoms with Crippen molar-refractivity contribution >= 4 is 51.0 Å². The van der Waals surface area contributed by atoms with E-state index in [-0.39, 0.29) is 16.3 Å². The molecule has 9 nitrogen and oxygen atoms in total. The van der Waals surface area contributed by atoms with Crippen LogP contribution < -0.4 is 19.2 Å². The molecule has 0 aliphatic rings. The fourth-order valence-electron chi connectivity index (χ4n) is 4.41. The molecule has 4 rings (SSSR count). The summed E-state index contributed by atoms with van der Waals surface area (Å²) < 4.78 is 41.1. The number of nitrogens with one attached hydrogen (secondary N) is 1. The number of methoxy groups -OCH3 is 2. The molecule has 0 atom stereocenters. The number of ether oxygens (including phenoxy) is 2. The number of hydrogen-bond donors (Lipinski definition) is 1. The molecule has 1 heterocycles. The van der Waals surface area contributed by atoms with Gasteiger partial charge in [-0.25, -0.2) is 13.8 Å². The molecule has 0 saturated carbocycles. The highest BCUT2D eigenvalue weighted by Gasteiger charge is 2.29. The minimum atomic E-state index is -4.17. The molecule has 4 aromatic rings. The predicted molar refractivity (Wildman–Crippen MR) is 166 cm³/mol. The van der Waals surface area contributed by atoms with Crippen LogP contribution in [-0.4, -0.2) is 45.9 Å². The number of hydrazone groups is 1. The van der Waals surface area contributed by atoms with Gasteiger partial charge in [-0.1, -0.05) is 40.9 Å². The van der Waals surface area contributed by atoms with Gasteiger partial charge in [0.15, 0.2) is 0 Å². The second-order valence-electron chi connectivity index (χ2n) is 9.41. The second kappa shape index (κ2) is 12.9. The van der Waals surface area contributed by atoms with Crippen molar-refractivity contribution in [1.29, 1.82) is 0 Å². The van der Waals surface area contributed by atoms with E-state index in [1.165, 1.54) is 38.6 Å². The summed E-state index contributed by atoms with van der Waals surface area (Å²) >= 11 is 12.6. The highest BCUT2D eigenvalue weighted by Crippen LogP contribution is 2.35. The van der Waals surface area contributed by atoms with E-state index in [4.69, 9.17) is 32.7 Å². The first-order valence-electron chi connectivity index (χ1n) is 12.7. The maximum Gasteiger partial charge on any atom is 0.264 e. The molecule has 0 bridgehead atoms. The van der Waals surface area contributed by atoms with Gasteiger partial charge in [0, 0.05) is 28.0 Å². The number of aryl methyl sites for hydroxylation is 2. The quantitative estimate of drug-likeness (QED) is 0.170. The van der Waals surface area contributed by atoms with Crippen LogP contribution in [0.2, 0.25) is 10.0 Å². The monoisotopic (exact) mass is 628 g/mol. The van der Waals surface area contributed by atoms with Gasteiger partial charge in [-0.15, -0.1) is 0 Å². The largest absolute Gasteiger partial charge is 0.497 e. The van der Waals surface area contributed by atoms with E-state index in [9.17, 15) is 13.2 Å². The summed E-state index contributed by atoms with van der Waals surface area (Å²) in [5.74, 6) is 0.0222. The lowest BCUT2D eigenvalue weighted by molar-refractivity contribution is -0.119. The highest BCUT2D eigenvalue weighted by atomic mass is 35.5. The van der Waals surface area contributed by atoms with Gasteiger partial charge in [0.1, 0.15) is 18.0 Å². The Morgan fingerprint density at radius 3 is 2.36 bits per heavy atom. The average molecular weight is 630 g/mol. The van der Waals surface area contributed by atoms with Crippen molar-refractivity contribution in [2.75, 3.05) is 25.1 Å². The summed E-state index contributed by atoms with van der Waals surface area (Å²) in [6.07, 6.45) is 1.49. The van der Waals surface area contributed by atoms with Crippen LogP contribution in [0.1, 0.15) is 22.5 Å². The van der Waals surface area contributed by atoms with Gasteiger partial charge in [0.05, 0.1) is 41.7 Å². The molecular weight excluding hydrogens is 599 g/mol. The summed E-state index contributed by atoms with van der Waals surface area (Å²) in [6.45, 7) is 5.09. The van der Waals surface area contributed by atoms with Gasteiger partial charge in [-0.05, 0) is 69.3 Å². The lowest BCUT2D eigenvalue weighted by Crippen LogP contribution is -2.39.